The highest BCUT2D eigenvalue weighted by Gasteiger charge is 2.48. The quantitative estimate of drug-likeness (QED) is 0.347. The van der Waals surface area contributed by atoms with Crippen molar-refractivity contribution in [1.82, 2.24) is 10.6 Å². The van der Waals surface area contributed by atoms with E-state index < -0.39 is 54.1 Å². The molecule has 3 rings (SSSR count). The van der Waals surface area contributed by atoms with E-state index in [-0.39, 0.29) is 11.1 Å². The molecule has 3 atom stereocenters. The Morgan fingerprint density at radius 2 is 1.39 bits per heavy atom. The molecule has 0 aromatic heterocycles. The lowest BCUT2D eigenvalue weighted by molar-refractivity contribution is -0.206. The Kier molecular flexibility index (Phi) is 8.15. The molecule has 12 heteroatoms. The molecule has 0 heterocycles. The number of aliphatic hydroxyl groups excluding tert-OH is 1. The van der Waals surface area contributed by atoms with Crippen molar-refractivity contribution < 1.29 is 40.6 Å². The molecule has 0 bridgehead atoms. The molecule has 1 unspecified atom stereocenters. The van der Waals surface area contributed by atoms with Gasteiger partial charge in [0.25, 0.3) is 0 Å². The maximum Gasteiger partial charge on any atom is 0.418 e. The zero-order valence-electron chi connectivity index (χ0n) is 20.4. The van der Waals surface area contributed by atoms with Gasteiger partial charge in [0.1, 0.15) is 17.2 Å². The second-order valence-electron chi connectivity index (χ2n) is 9.99. The molecule has 2 aromatic carbocycles. The maximum atomic E-state index is 14.4. The first-order valence-corrected chi connectivity index (χ1v) is 11.6. The predicted octanol–water partition coefficient (Wildman–Crippen LogP) is 5.82. The van der Waals surface area contributed by atoms with Crippen LogP contribution in [-0.4, -0.2) is 40.6 Å². The summed E-state index contributed by atoms with van der Waals surface area (Å²) in [6.07, 6.45) is -12.3. The van der Waals surface area contributed by atoms with Crippen molar-refractivity contribution in [3.05, 3.63) is 59.7 Å². The van der Waals surface area contributed by atoms with Gasteiger partial charge in [0.2, 0.25) is 5.91 Å². The Balaban J connectivity index is 1.84. The Labute approximate surface area is 214 Å². The number of alkyl halides is 7. The molecule has 5 nitrogen and oxygen atoms in total. The Bertz CT molecular complexity index is 1160. The van der Waals surface area contributed by atoms with E-state index in [0.717, 1.165) is 38.1 Å². The molecule has 0 spiro atoms. The Hall–Kier alpha value is -3.17. The highest BCUT2D eigenvalue weighted by molar-refractivity contribution is 5.83. The van der Waals surface area contributed by atoms with E-state index in [0.29, 0.717) is 24.0 Å². The standard InChI is InChI=1S/C26H26F7N3O2/c1-23(2,27)13-19(22(38)36-24(14-34)11-12-24)35-20(25(28,29)30)17-7-3-15(4-8-17)16-5-9-18(10-6-16)21(37)26(31,32)33/h3-10,19-21,35,37H,11-13H2,1-2H3,(H,36,38)/t19-,20?,21-/m0/s1. The molecular weight excluding hydrogens is 519 g/mol. The van der Waals surface area contributed by atoms with Crippen LogP contribution in [-0.2, 0) is 4.79 Å². The Morgan fingerprint density at radius 1 is 0.921 bits per heavy atom. The number of nitrogens with one attached hydrogen (secondary N) is 2. The van der Waals surface area contributed by atoms with Crippen molar-refractivity contribution in [2.75, 3.05) is 0 Å². The fraction of sp³-hybridized carbons (Fsp3) is 0.462. The molecule has 1 saturated carbocycles. The second kappa shape index (κ2) is 10.5. The van der Waals surface area contributed by atoms with E-state index >= 15 is 0 Å². The van der Waals surface area contributed by atoms with Gasteiger partial charge >= 0.3 is 12.4 Å². The maximum absolute atomic E-state index is 14.4. The van der Waals surface area contributed by atoms with Crippen molar-refractivity contribution >= 4 is 5.91 Å². The van der Waals surface area contributed by atoms with Gasteiger partial charge in [-0.25, -0.2) is 4.39 Å². The van der Waals surface area contributed by atoms with Crippen LogP contribution in [0, 0.1) is 11.3 Å². The summed E-state index contributed by atoms with van der Waals surface area (Å²) in [6.45, 7) is 2.25. The third kappa shape index (κ3) is 7.45. The largest absolute Gasteiger partial charge is 0.418 e. The average Bonchev–Trinajstić information content (AvgIpc) is 3.59. The van der Waals surface area contributed by atoms with E-state index in [1.807, 2.05) is 6.07 Å². The molecule has 38 heavy (non-hydrogen) atoms. The van der Waals surface area contributed by atoms with Gasteiger partial charge < -0.3 is 10.4 Å². The van der Waals surface area contributed by atoms with Crippen LogP contribution < -0.4 is 10.6 Å². The van der Waals surface area contributed by atoms with Crippen molar-refractivity contribution in [3.63, 3.8) is 0 Å². The van der Waals surface area contributed by atoms with E-state index in [4.69, 9.17) is 0 Å². The van der Waals surface area contributed by atoms with E-state index in [9.17, 15) is 45.9 Å². The van der Waals surface area contributed by atoms with Gasteiger partial charge in [-0.3, -0.25) is 10.1 Å². The average molecular weight is 545 g/mol. The van der Waals surface area contributed by atoms with Crippen LogP contribution in [0.2, 0.25) is 0 Å². The van der Waals surface area contributed by atoms with Gasteiger partial charge in [-0.1, -0.05) is 48.5 Å². The van der Waals surface area contributed by atoms with Crippen LogP contribution in [0.5, 0.6) is 0 Å². The van der Waals surface area contributed by atoms with Crippen molar-refractivity contribution in [2.24, 2.45) is 0 Å². The van der Waals surface area contributed by atoms with Crippen LogP contribution in [0.25, 0.3) is 11.1 Å². The normalized spacial score (nSPS) is 17.7. The lowest BCUT2D eigenvalue weighted by Gasteiger charge is -2.30. The van der Waals surface area contributed by atoms with E-state index in [2.05, 4.69) is 10.6 Å². The summed E-state index contributed by atoms with van der Waals surface area (Å²) in [7, 11) is 0. The number of benzene rings is 2. The van der Waals surface area contributed by atoms with Crippen molar-refractivity contribution in [1.29, 1.82) is 5.26 Å². The molecule has 206 valence electrons. The number of hydrogen-bond donors (Lipinski definition) is 3. The van der Waals surface area contributed by atoms with Gasteiger partial charge in [-0.05, 0) is 48.9 Å². The Morgan fingerprint density at radius 3 is 1.76 bits per heavy atom. The minimum Gasteiger partial charge on any atom is -0.379 e. The smallest absolute Gasteiger partial charge is 0.379 e. The van der Waals surface area contributed by atoms with Crippen LogP contribution in [0.3, 0.4) is 0 Å². The van der Waals surface area contributed by atoms with E-state index in [1.165, 1.54) is 24.3 Å². The number of rotatable bonds is 9. The summed E-state index contributed by atoms with van der Waals surface area (Å²) in [5, 5.41) is 23.2. The van der Waals surface area contributed by atoms with Gasteiger partial charge in [-0.15, -0.1) is 0 Å². The predicted molar refractivity (Wildman–Crippen MR) is 124 cm³/mol. The lowest BCUT2D eigenvalue weighted by atomic mass is 9.96. The van der Waals surface area contributed by atoms with Gasteiger partial charge in [-0.2, -0.15) is 31.6 Å². The third-order valence-corrected chi connectivity index (χ3v) is 6.14. The summed E-state index contributed by atoms with van der Waals surface area (Å²) in [6, 6.07) is 7.63. The number of nitrogens with zero attached hydrogens (tertiary/aromatic N) is 1. The van der Waals surface area contributed by atoms with Crippen LogP contribution in [0.4, 0.5) is 30.7 Å². The van der Waals surface area contributed by atoms with E-state index in [1.54, 1.807) is 0 Å². The first-order chi connectivity index (χ1) is 17.4. The summed E-state index contributed by atoms with van der Waals surface area (Å²) >= 11 is 0. The number of hydrogen-bond acceptors (Lipinski definition) is 4. The number of amides is 1. The number of aliphatic hydroxyl groups is 1. The highest BCUT2D eigenvalue weighted by Crippen LogP contribution is 2.37. The highest BCUT2D eigenvalue weighted by atomic mass is 19.4. The SMILES string of the molecule is CC(C)(F)C[C@H](NC(c1ccc(-c2ccc([C@H](O)C(F)(F)F)cc2)cc1)C(F)(F)F)C(=O)NC1(C#N)CC1. The molecule has 1 amide bonds. The minimum absolute atomic E-state index is 0.277. The molecule has 3 N–H and O–H groups in total. The van der Waals surface area contributed by atoms with Crippen LogP contribution in [0.1, 0.15) is 56.4 Å². The summed E-state index contributed by atoms with van der Waals surface area (Å²) < 4.78 is 94.7. The zero-order chi connectivity index (χ0) is 28.5. The molecular formula is C26H26F7N3O2. The molecule has 0 saturated heterocycles. The number of carbonyl (C=O) groups excluding carboxylic acids is 1. The summed E-state index contributed by atoms with van der Waals surface area (Å²) in [5.41, 5.74) is -3.02. The molecule has 0 radical (unpaired) electrons. The first-order valence-electron chi connectivity index (χ1n) is 11.6. The fourth-order valence-electron chi connectivity index (χ4n) is 3.92. The van der Waals surface area contributed by atoms with Gasteiger partial charge in [0.05, 0.1) is 12.1 Å². The van der Waals surface area contributed by atoms with Crippen LogP contribution in [0.15, 0.2) is 48.5 Å². The molecule has 1 aliphatic carbocycles. The monoisotopic (exact) mass is 545 g/mol. The number of carbonyl (C=O) groups is 1. The van der Waals surface area contributed by atoms with Gasteiger partial charge in [0, 0.05) is 6.42 Å². The van der Waals surface area contributed by atoms with Gasteiger partial charge in [0.15, 0.2) is 6.10 Å². The van der Waals surface area contributed by atoms with Crippen molar-refractivity contribution in [3.8, 4) is 17.2 Å². The first kappa shape index (κ1) is 29.4. The molecule has 2 aromatic rings. The zero-order valence-corrected chi connectivity index (χ0v) is 20.4. The summed E-state index contributed by atoms with van der Waals surface area (Å²) in [5.74, 6) is -0.915. The fourth-order valence-corrected chi connectivity index (χ4v) is 3.92. The topological polar surface area (TPSA) is 85.2 Å². The van der Waals surface area contributed by atoms with Crippen LogP contribution >= 0.6 is 0 Å². The third-order valence-electron chi connectivity index (χ3n) is 6.14. The second-order valence-corrected chi connectivity index (χ2v) is 9.99. The molecule has 0 aliphatic heterocycles. The number of halogens is 7. The molecule has 1 aliphatic rings. The summed E-state index contributed by atoms with van der Waals surface area (Å²) in [4.78, 5) is 12.8. The van der Waals surface area contributed by atoms with Crippen molar-refractivity contribution in [2.45, 2.75) is 74.9 Å². The lowest BCUT2D eigenvalue weighted by Crippen LogP contribution is -2.53. The minimum atomic E-state index is -4.87. The number of nitriles is 1. The molecule has 1 fully saturated rings.